The molecule has 0 N–H and O–H groups in total. The molecule has 1 aromatic carbocycles. The van der Waals surface area contributed by atoms with Gasteiger partial charge in [0.05, 0.1) is 44.0 Å². The van der Waals surface area contributed by atoms with Crippen LogP contribution < -0.4 is 4.90 Å². The summed E-state index contributed by atoms with van der Waals surface area (Å²) >= 11 is 0. The average Bonchev–Trinajstić information content (AvgIpc) is 3.78. The number of anilines is 1. The van der Waals surface area contributed by atoms with Crippen LogP contribution in [0.1, 0.15) is 23.2 Å². The summed E-state index contributed by atoms with van der Waals surface area (Å²) in [6.07, 6.45) is 10.4. The van der Waals surface area contributed by atoms with Crippen LogP contribution in [-0.2, 0) is 22.4 Å². The zero-order chi connectivity index (χ0) is 26.7. The second-order valence-corrected chi connectivity index (χ2v) is 10.6. The number of aromatic nitrogens is 5. The SMILES string of the molecule is C1=C(c2cnn(CCCN3CCOCC3)c2)Cc2c(N3CCOCC3)cc(-n3ccc(-c4ccccc4)n3)nc21. The number of benzene rings is 1. The molecule has 0 amide bonds. The van der Waals surface area contributed by atoms with Gasteiger partial charge in [-0.05, 0) is 24.1 Å². The fraction of sp³-hybridized carbons (Fsp3) is 0.387. The van der Waals surface area contributed by atoms with Crippen LogP contribution in [0.2, 0.25) is 0 Å². The highest BCUT2D eigenvalue weighted by Gasteiger charge is 2.25. The minimum Gasteiger partial charge on any atom is -0.379 e. The van der Waals surface area contributed by atoms with Crippen LogP contribution in [0.15, 0.2) is 61.1 Å². The smallest absolute Gasteiger partial charge is 0.156 e. The molecule has 0 saturated carbocycles. The van der Waals surface area contributed by atoms with E-state index in [0.29, 0.717) is 0 Å². The molecule has 9 nitrogen and oxygen atoms in total. The molecule has 0 atom stereocenters. The van der Waals surface area contributed by atoms with Crippen LogP contribution >= 0.6 is 0 Å². The zero-order valence-corrected chi connectivity index (χ0v) is 22.8. The van der Waals surface area contributed by atoms with Gasteiger partial charge in [-0.2, -0.15) is 10.2 Å². The fourth-order valence-electron chi connectivity index (χ4n) is 5.81. The third-order valence-electron chi connectivity index (χ3n) is 8.01. The van der Waals surface area contributed by atoms with Crippen molar-refractivity contribution in [2.45, 2.75) is 19.4 Å². The first-order chi connectivity index (χ1) is 19.8. The molecule has 0 unspecified atom stereocenters. The van der Waals surface area contributed by atoms with Gasteiger partial charge in [0.25, 0.3) is 0 Å². The number of ether oxygens (including phenoxy) is 2. The minimum atomic E-state index is 0.740. The molecule has 0 radical (unpaired) electrons. The summed E-state index contributed by atoms with van der Waals surface area (Å²) in [5.41, 5.74) is 7.99. The topological polar surface area (TPSA) is 73.5 Å². The lowest BCUT2D eigenvalue weighted by molar-refractivity contribution is 0.0368. The van der Waals surface area contributed by atoms with Crippen molar-refractivity contribution >= 4 is 17.3 Å². The first-order valence-corrected chi connectivity index (χ1v) is 14.3. The van der Waals surface area contributed by atoms with Crippen LogP contribution in [0.4, 0.5) is 5.69 Å². The molecule has 0 spiro atoms. The Morgan fingerprint density at radius 1 is 0.850 bits per heavy atom. The molecule has 9 heteroatoms. The first-order valence-electron chi connectivity index (χ1n) is 14.3. The molecule has 5 heterocycles. The fourth-order valence-corrected chi connectivity index (χ4v) is 5.81. The second kappa shape index (κ2) is 11.4. The summed E-state index contributed by atoms with van der Waals surface area (Å²) in [4.78, 5) is 10.00. The number of allylic oxidation sites excluding steroid dienone is 1. The molecule has 2 fully saturated rings. The summed E-state index contributed by atoms with van der Waals surface area (Å²) in [7, 11) is 0. The van der Waals surface area contributed by atoms with Gasteiger partial charge in [-0.15, -0.1) is 0 Å². The Balaban J connectivity index is 1.13. The Morgan fingerprint density at radius 3 is 2.48 bits per heavy atom. The molecule has 2 saturated heterocycles. The maximum absolute atomic E-state index is 5.66. The Kier molecular flexibility index (Phi) is 7.16. The zero-order valence-electron chi connectivity index (χ0n) is 22.8. The number of pyridine rings is 1. The van der Waals surface area contributed by atoms with E-state index in [2.05, 4.69) is 50.1 Å². The summed E-state index contributed by atoms with van der Waals surface area (Å²) in [5, 5.41) is 9.56. The minimum absolute atomic E-state index is 0.740. The van der Waals surface area contributed by atoms with Crippen molar-refractivity contribution in [1.82, 2.24) is 29.4 Å². The Morgan fingerprint density at radius 2 is 1.65 bits per heavy atom. The number of hydrogen-bond acceptors (Lipinski definition) is 7. The van der Waals surface area contributed by atoms with E-state index in [9.17, 15) is 0 Å². The molecule has 206 valence electrons. The van der Waals surface area contributed by atoms with Crippen LogP contribution in [0.3, 0.4) is 0 Å². The molecule has 3 aliphatic rings. The van der Waals surface area contributed by atoms with E-state index >= 15 is 0 Å². The predicted octanol–water partition coefficient (Wildman–Crippen LogP) is 3.79. The summed E-state index contributed by atoms with van der Waals surface area (Å²) < 4.78 is 15.1. The highest BCUT2D eigenvalue weighted by molar-refractivity contribution is 5.90. The quantitative estimate of drug-likeness (QED) is 0.339. The lowest BCUT2D eigenvalue weighted by Gasteiger charge is -2.31. The summed E-state index contributed by atoms with van der Waals surface area (Å²) in [6.45, 7) is 8.98. The van der Waals surface area contributed by atoms with E-state index in [1.807, 2.05) is 41.3 Å². The maximum Gasteiger partial charge on any atom is 0.156 e. The number of aryl methyl sites for hydroxylation is 1. The Labute approximate surface area is 234 Å². The van der Waals surface area contributed by atoms with E-state index in [-0.39, 0.29) is 0 Å². The first kappa shape index (κ1) is 25.2. The summed E-state index contributed by atoms with van der Waals surface area (Å²) in [6, 6.07) is 14.5. The highest BCUT2D eigenvalue weighted by atomic mass is 16.5. The molecule has 0 bridgehead atoms. The third kappa shape index (κ3) is 5.32. The highest BCUT2D eigenvalue weighted by Crippen LogP contribution is 2.38. The van der Waals surface area contributed by atoms with Crippen molar-refractivity contribution in [2.24, 2.45) is 0 Å². The Hall–Kier alpha value is -3.79. The molecular formula is C31H35N7O2. The standard InChI is InChI=1S/C31H35N7O2/c1-2-5-24(6-3-1)28-7-10-38(34-28)31-21-30(36-13-17-40-18-14-36)27-19-25(20-29(27)33-31)26-22-32-37(23-26)9-4-8-35-11-15-39-16-12-35/h1-3,5-7,10,20-23H,4,8-9,11-19H2. The number of morpholine rings is 2. The molecule has 7 rings (SSSR count). The second-order valence-electron chi connectivity index (χ2n) is 10.6. The number of hydrogen-bond donors (Lipinski definition) is 0. The van der Waals surface area contributed by atoms with Gasteiger partial charge in [-0.25, -0.2) is 9.67 Å². The Bertz CT molecular complexity index is 1480. The number of rotatable bonds is 8. The van der Waals surface area contributed by atoms with Crippen LogP contribution in [0.25, 0.3) is 28.7 Å². The van der Waals surface area contributed by atoms with Crippen molar-refractivity contribution in [3.8, 4) is 17.1 Å². The lowest BCUT2D eigenvalue weighted by Crippen LogP contribution is -2.37. The van der Waals surface area contributed by atoms with Crippen molar-refractivity contribution in [1.29, 1.82) is 0 Å². The van der Waals surface area contributed by atoms with E-state index in [0.717, 1.165) is 101 Å². The van der Waals surface area contributed by atoms with E-state index in [4.69, 9.17) is 19.6 Å². The van der Waals surface area contributed by atoms with Crippen LogP contribution in [0, 0.1) is 0 Å². The van der Waals surface area contributed by atoms with Crippen molar-refractivity contribution in [2.75, 3.05) is 64.1 Å². The third-order valence-corrected chi connectivity index (χ3v) is 8.01. The van der Waals surface area contributed by atoms with Gasteiger partial charge in [-0.3, -0.25) is 9.58 Å². The monoisotopic (exact) mass is 537 g/mol. The van der Waals surface area contributed by atoms with Crippen molar-refractivity contribution in [3.05, 3.63) is 77.9 Å². The number of fused-ring (bicyclic) bond motifs is 1. The van der Waals surface area contributed by atoms with E-state index in [1.54, 1.807) is 0 Å². The maximum atomic E-state index is 5.66. The van der Waals surface area contributed by atoms with Crippen molar-refractivity contribution < 1.29 is 9.47 Å². The molecule has 40 heavy (non-hydrogen) atoms. The van der Waals surface area contributed by atoms with Gasteiger partial charge in [0.1, 0.15) is 0 Å². The average molecular weight is 538 g/mol. The van der Waals surface area contributed by atoms with Gasteiger partial charge in [0, 0.05) is 86.5 Å². The normalized spacial score (nSPS) is 17.7. The molecule has 3 aromatic heterocycles. The molecule has 1 aliphatic carbocycles. The van der Waals surface area contributed by atoms with E-state index in [1.165, 1.54) is 22.4 Å². The lowest BCUT2D eigenvalue weighted by atomic mass is 10.1. The van der Waals surface area contributed by atoms with Gasteiger partial charge in [0.15, 0.2) is 5.82 Å². The van der Waals surface area contributed by atoms with Gasteiger partial charge >= 0.3 is 0 Å². The van der Waals surface area contributed by atoms with Crippen LogP contribution in [0.5, 0.6) is 0 Å². The number of nitrogens with zero attached hydrogens (tertiary/aromatic N) is 7. The van der Waals surface area contributed by atoms with Gasteiger partial charge in [-0.1, -0.05) is 30.3 Å². The molecule has 4 aromatic rings. The summed E-state index contributed by atoms with van der Waals surface area (Å²) in [5.74, 6) is 0.832. The van der Waals surface area contributed by atoms with Gasteiger partial charge < -0.3 is 14.4 Å². The van der Waals surface area contributed by atoms with Crippen molar-refractivity contribution in [3.63, 3.8) is 0 Å². The van der Waals surface area contributed by atoms with E-state index < -0.39 is 0 Å². The van der Waals surface area contributed by atoms with Gasteiger partial charge in [0.2, 0.25) is 0 Å². The molecule has 2 aliphatic heterocycles. The largest absolute Gasteiger partial charge is 0.379 e. The molecular weight excluding hydrogens is 502 g/mol. The van der Waals surface area contributed by atoms with Crippen LogP contribution in [-0.4, -0.2) is 88.6 Å². The predicted molar refractivity (Wildman–Crippen MR) is 156 cm³/mol.